The van der Waals surface area contributed by atoms with Crippen LogP contribution in [0.3, 0.4) is 0 Å². The van der Waals surface area contributed by atoms with Crippen LogP contribution in [0.4, 0.5) is 4.39 Å². The Labute approximate surface area is 126 Å². The molecule has 2 aromatic carbocycles. The van der Waals surface area contributed by atoms with Gasteiger partial charge in [0.1, 0.15) is 18.2 Å². The van der Waals surface area contributed by atoms with Gasteiger partial charge in [-0.15, -0.1) is 0 Å². The number of para-hydroxylation sites is 1. The summed E-state index contributed by atoms with van der Waals surface area (Å²) in [7, 11) is 0. The lowest BCUT2D eigenvalue weighted by atomic mass is 10.0. The molecule has 2 rings (SSSR count). The highest BCUT2D eigenvalue weighted by molar-refractivity contribution is 5.27. The number of ether oxygens (including phenoxy) is 1. The summed E-state index contributed by atoms with van der Waals surface area (Å²) in [5.41, 5.74) is 1.72. The van der Waals surface area contributed by atoms with Gasteiger partial charge in [-0.1, -0.05) is 37.3 Å². The number of hydrogen-bond donors (Lipinski definition) is 1. The summed E-state index contributed by atoms with van der Waals surface area (Å²) < 4.78 is 19.2. The molecule has 2 nitrogen and oxygen atoms in total. The molecular formula is C18H22FNO. The van der Waals surface area contributed by atoms with Crippen molar-refractivity contribution in [3.63, 3.8) is 0 Å². The monoisotopic (exact) mass is 287 g/mol. The molecule has 112 valence electrons. The van der Waals surface area contributed by atoms with E-state index in [4.69, 9.17) is 4.74 Å². The van der Waals surface area contributed by atoms with Crippen molar-refractivity contribution in [2.24, 2.45) is 0 Å². The van der Waals surface area contributed by atoms with Gasteiger partial charge in [0.2, 0.25) is 0 Å². The standard InChI is InChI=1S/C18H22FNO/c1-3-11-20-18(13-21-16-7-5-4-6-8-16)15-9-10-17(19)14(2)12-15/h4-10,12,18,20H,3,11,13H2,1-2H3. The molecule has 0 aliphatic heterocycles. The van der Waals surface area contributed by atoms with Crippen molar-refractivity contribution in [1.82, 2.24) is 5.32 Å². The number of nitrogens with one attached hydrogen (secondary N) is 1. The first-order valence-corrected chi connectivity index (χ1v) is 7.38. The first-order valence-electron chi connectivity index (χ1n) is 7.38. The zero-order valence-corrected chi connectivity index (χ0v) is 12.6. The zero-order valence-electron chi connectivity index (χ0n) is 12.6. The zero-order chi connectivity index (χ0) is 15.1. The molecule has 1 atom stereocenters. The minimum Gasteiger partial charge on any atom is -0.492 e. The Kier molecular flexibility index (Phi) is 5.76. The first kappa shape index (κ1) is 15.5. The van der Waals surface area contributed by atoms with E-state index in [9.17, 15) is 4.39 Å². The van der Waals surface area contributed by atoms with E-state index in [1.807, 2.05) is 42.5 Å². The lowest BCUT2D eigenvalue weighted by Gasteiger charge is -2.20. The Balaban J connectivity index is 2.08. The van der Waals surface area contributed by atoms with Crippen molar-refractivity contribution in [2.75, 3.05) is 13.2 Å². The summed E-state index contributed by atoms with van der Waals surface area (Å²) in [4.78, 5) is 0. The number of rotatable bonds is 7. The highest BCUT2D eigenvalue weighted by Gasteiger charge is 2.13. The van der Waals surface area contributed by atoms with Crippen molar-refractivity contribution < 1.29 is 9.13 Å². The van der Waals surface area contributed by atoms with Crippen LogP contribution in [0, 0.1) is 12.7 Å². The second kappa shape index (κ2) is 7.79. The summed E-state index contributed by atoms with van der Waals surface area (Å²) in [6, 6.07) is 15.0. The van der Waals surface area contributed by atoms with E-state index in [1.165, 1.54) is 6.07 Å². The lowest BCUT2D eigenvalue weighted by Crippen LogP contribution is -2.27. The number of aryl methyl sites for hydroxylation is 1. The highest BCUT2D eigenvalue weighted by Crippen LogP contribution is 2.19. The van der Waals surface area contributed by atoms with E-state index in [0.717, 1.165) is 24.3 Å². The Morgan fingerprint density at radius 3 is 2.57 bits per heavy atom. The predicted octanol–water partition coefficient (Wildman–Crippen LogP) is 4.25. The van der Waals surface area contributed by atoms with E-state index in [2.05, 4.69) is 12.2 Å². The highest BCUT2D eigenvalue weighted by atomic mass is 19.1. The summed E-state index contributed by atoms with van der Waals surface area (Å²) in [6.07, 6.45) is 1.04. The van der Waals surface area contributed by atoms with Crippen molar-refractivity contribution >= 4 is 0 Å². The van der Waals surface area contributed by atoms with Gasteiger partial charge in [0.25, 0.3) is 0 Å². The Hall–Kier alpha value is -1.87. The lowest BCUT2D eigenvalue weighted by molar-refractivity contribution is 0.266. The van der Waals surface area contributed by atoms with Gasteiger partial charge in [0, 0.05) is 0 Å². The minimum absolute atomic E-state index is 0.0597. The van der Waals surface area contributed by atoms with Crippen molar-refractivity contribution in [1.29, 1.82) is 0 Å². The summed E-state index contributed by atoms with van der Waals surface area (Å²) in [5.74, 6) is 0.677. The van der Waals surface area contributed by atoms with Gasteiger partial charge in [-0.25, -0.2) is 4.39 Å². The predicted molar refractivity (Wildman–Crippen MR) is 84.1 cm³/mol. The third-order valence-electron chi connectivity index (χ3n) is 3.38. The van der Waals surface area contributed by atoms with E-state index < -0.39 is 0 Å². The molecule has 0 saturated heterocycles. The van der Waals surface area contributed by atoms with E-state index in [1.54, 1.807) is 6.92 Å². The maximum absolute atomic E-state index is 13.4. The molecule has 0 fully saturated rings. The van der Waals surface area contributed by atoms with Gasteiger partial charge in [0.15, 0.2) is 0 Å². The van der Waals surface area contributed by atoms with Gasteiger partial charge in [-0.05, 0) is 49.2 Å². The fraction of sp³-hybridized carbons (Fsp3) is 0.333. The number of benzene rings is 2. The summed E-state index contributed by atoms with van der Waals surface area (Å²) >= 11 is 0. The molecule has 3 heteroatoms. The molecule has 0 aromatic heterocycles. The molecule has 0 aliphatic carbocycles. The van der Waals surface area contributed by atoms with Crippen molar-refractivity contribution in [3.8, 4) is 5.75 Å². The van der Waals surface area contributed by atoms with E-state index in [0.29, 0.717) is 12.2 Å². The molecule has 0 bridgehead atoms. The van der Waals surface area contributed by atoms with Crippen LogP contribution in [0.5, 0.6) is 5.75 Å². The maximum Gasteiger partial charge on any atom is 0.126 e. The second-order valence-electron chi connectivity index (χ2n) is 5.14. The number of hydrogen-bond acceptors (Lipinski definition) is 2. The quantitative estimate of drug-likeness (QED) is 0.822. The maximum atomic E-state index is 13.4. The topological polar surface area (TPSA) is 21.3 Å². The molecule has 1 N–H and O–H groups in total. The third-order valence-corrected chi connectivity index (χ3v) is 3.38. The van der Waals surface area contributed by atoms with Crippen LogP contribution in [-0.2, 0) is 0 Å². The van der Waals surface area contributed by atoms with Crippen molar-refractivity contribution in [3.05, 3.63) is 65.5 Å². The smallest absolute Gasteiger partial charge is 0.126 e. The molecule has 21 heavy (non-hydrogen) atoms. The van der Waals surface area contributed by atoms with E-state index >= 15 is 0 Å². The normalized spacial score (nSPS) is 12.1. The minimum atomic E-state index is -0.169. The van der Waals surface area contributed by atoms with Crippen LogP contribution in [-0.4, -0.2) is 13.2 Å². The largest absolute Gasteiger partial charge is 0.492 e. The van der Waals surface area contributed by atoms with E-state index in [-0.39, 0.29) is 11.9 Å². The van der Waals surface area contributed by atoms with Crippen LogP contribution < -0.4 is 10.1 Å². The van der Waals surface area contributed by atoms with Gasteiger partial charge in [-0.2, -0.15) is 0 Å². The van der Waals surface area contributed by atoms with Crippen LogP contribution >= 0.6 is 0 Å². The summed E-state index contributed by atoms with van der Waals surface area (Å²) in [6.45, 7) is 5.33. The average Bonchev–Trinajstić information content (AvgIpc) is 2.51. The van der Waals surface area contributed by atoms with Crippen LogP contribution in [0.2, 0.25) is 0 Å². The molecule has 0 spiro atoms. The average molecular weight is 287 g/mol. The van der Waals surface area contributed by atoms with Gasteiger partial charge >= 0.3 is 0 Å². The molecule has 1 unspecified atom stereocenters. The van der Waals surface area contributed by atoms with Crippen molar-refractivity contribution in [2.45, 2.75) is 26.3 Å². The third kappa shape index (κ3) is 4.57. The summed E-state index contributed by atoms with van der Waals surface area (Å²) in [5, 5.41) is 3.46. The van der Waals surface area contributed by atoms with Gasteiger partial charge < -0.3 is 10.1 Å². The second-order valence-corrected chi connectivity index (χ2v) is 5.14. The molecular weight excluding hydrogens is 265 g/mol. The Bertz CT molecular complexity index is 556. The molecule has 2 aromatic rings. The van der Waals surface area contributed by atoms with Crippen LogP contribution in [0.15, 0.2) is 48.5 Å². The van der Waals surface area contributed by atoms with Crippen LogP contribution in [0.25, 0.3) is 0 Å². The molecule has 0 saturated carbocycles. The fourth-order valence-electron chi connectivity index (χ4n) is 2.17. The fourth-order valence-corrected chi connectivity index (χ4v) is 2.17. The van der Waals surface area contributed by atoms with Gasteiger partial charge in [0.05, 0.1) is 6.04 Å². The Morgan fingerprint density at radius 1 is 1.14 bits per heavy atom. The number of halogens is 1. The Morgan fingerprint density at radius 2 is 1.90 bits per heavy atom. The molecule has 0 radical (unpaired) electrons. The molecule has 0 heterocycles. The molecule has 0 aliphatic rings. The molecule has 0 amide bonds. The SMILES string of the molecule is CCCNC(COc1ccccc1)c1ccc(F)c(C)c1. The first-order chi connectivity index (χ1) is 10.2. The van der Waals surface area contributed by atoms with Crippen LogP contribution in [0.1, 0.15) is 30.5 Å². The van der Waals surface area contributed by atoms with Gasteiger partial charge in [-0.3, -0.25) is 0 Å².